The minimum Gasteiger partial charge on any atom is -0.484 e. The van der Waals surface area contributed by atoms with Gasteiger partial charge in [-0.3, -0.25) is 4.79 Å². The molecule has 1 amide bonds. The van der Waals surface area contributed by atoms with Gasteiger partial charge in [-0.05, 0) is 42.9 Å². The Balaban J connectivity index is 1.85. The third-order valence-electron chi connectivity index (χ3n) is 3.91. The van der Waals surface area contributed by atoms with Crippen LogP contribution in [0.4, 0.5) is 0 Å². The lowest BCUT2D eigenvalue weighted by atomic mass is 9.77. The largest absolute Gasteiger partial charge is 0.484 e. The van der Waals surface area contributed by atoms with E-state index >= 15 is 0 Å². The van der Waals surface area contributed by atoms with Crippen molar-refractivity contribution in [1.29, 1.82) is 0 Å². The highest BCUT2D eigenvalue weighted by Gasteiger charge is 2.45. The van der Waals surface area contributed by atoms with Crippen molar-refractivity contribution in [2.75, 3.05) is 6.61 Å². The summed E-state index contributed by atoms with van der Waals surface area (Å²) in [4.78, 5) is 23.0. The summed E-state index contributed by atoms with van der Waals surface area (Å²) in [6, 6.07) is 7.56. The number of hydrogen-bond donors (Lipinski definition) is 2. The molecule has 0 spiro atoms. The zero-order valence-electron chi connectivity index (χ0n) is 12.4. The summed E-state index contributed by atoms with van der Waals surface area (Å²) in [7, 11) is 0. The maximum absolute atomic E-state index is 11.8. The van der Waals surface area contributed by atoms with Crippen LogP contribution in [-0.4, -0.2) is 29.1 Å². The van der Waals surface area contributed by atoms with Crippen LogP contribution >= 0.6 is 0 Å². The molecule has 0 aliphatic heterocycles. The molecule has 0 radical (unpaired) electrons. The molecule has 2 N–H and O–H groups in total. The van der Waals surface area contributed by atoms with Crippen LogP contribution in [0.1, 0.15) is 44.6 Å². The molecule has 0 aromatic heterocycles. The second-order valence-corrected chi connectivity index (χ2v) is 5.80. The minimum atomic E-state index is -1.08. The van der Waals surface area contributed by atoms with Gasteiger partial charge in [-0.2, -0.15) is 0 Å². The Labute approximate surface area is 124 Å². The highest BCUT2D eigenvalue weighted by Crippen LogP contribution is 2.31. The van der Waals surface area contributed by atoms with E-state index in [-0.39, 0.29) is 6.61 Å². The normalized spacial score (nSPS) is 16.1. The van der Waals surface area contributed by atoms with E-state index in [0.717, 1.165) is 6.42 Å². The van der Waals surface area contributed by atoms with Crippen molar-refractivity contribution in [3.8, 4) is 5.75 Å². The van der Waals surface area contributed by atoms with Crippen molar-refractivity contribution in [1.82, 2.24) is 5.32 Å². The summed E-state index contributed by atoms with van der Waals surface area (Å²) < 4.78 is 5.39. The van der Waals surface area contributed by atoms with Gasteiger partial charge in [0.05, 0.1) is 0 Å². The predicted molar refractivity (Wildman–Crippen MR) is 78.4 cm³/mol. The fourth-order valence-electron chi connectivity index (χ4n) is 2.32. The van der Waals surface area contributed by atoms with Crippen molar-refractivity contribution in [2.24, 2.45) is 0 Å². The maximum Gasteiger partial charge on any atom is 0.329 e. The standard InChI is InChI=1S/C16H21NO4/c1-11(2)12-4-6-13(7-5-12)21-10-14(18)17-16(15(19)20)8-3-9-16/h4-7,11H,3,8-10H2,1-2H3,(H,17,18)(H,19,20). The Morgan fingerprint density at radius 3 is 2.33 bits per heavy atom. The summed E-state index contributed by atoms with van der Waals surface area (Å²) in [5, 5.41) is 11.7. The Bertz CT molecular complexity index is 518. The van der Waals surface area contributed by atoms with Crippen molar-refractivity contribution >= 4 is 11.9 Å². The molecule has 2 rings (SSSR count). The highest BCUT2D eigenvalue weighted by molar-refractivity contribution is 5.88. The van der Waals surface area contributed by atoms with Gasteiger partial charge in [0.15, 0.2) is 6.61 Å². The topological polar surface area (TPSA) is 75.6 Å². The van der Waals surface area contributed by atoms with E-state index in [9.17, 15) is 9.59 Å². The van der Waals surface area contributed by atoms with Crippen LogP contribution in [0.25, 0.3) is 0 Å². The Morgan fingerprint density at radius 1 is 1.29 bits per heavy atom. The molecule has 1 aliphatic rings. The molecule has 1 aliphatic carbocycles. The summed E-state index contributed by atoms with van der Waals surface area (Å²) in [5.41, 5.74) is 0.119. The second-order valence-electron chi connectivity index (χ2n) is 5.80. The molecule has 5 heteroatoms. The first-order chi connectivity index (χ1) is 9.93. The first-order valence-corrected chi connectivity index (χ1v) is 7.20. The van der Waals surface area contributed by atoms with Gasteiger partial charge in [-0.25, -0.2) is 4.79 Å². The van der Waals surface area contributed by atoms with Gasteiger partial charge >= 0.3 is 5.97 Å². The number of amides is 1. The van der Waals surface area contributed by atoms with Gasteiger partial charge in [0.25, 0.3) is 5.91 Å². The fourth-order valence-corrected chi connectivity index (χ4v) is 2.32. The summed E-state index contributed by atoms with van der Waals surface area (Å²) in [6.07, 6.45) is 1.79. The lowest BCUT2D eigenvalue weighted by molar-refractivity contribution is -0.152. The van der Waals surface area contributed by atoms with E-state index in [1.165, 1.54) is 5.56 Å². The monoisotopic (exact) mass is 291 g/mol. The number of carboxylic acids is 1. The van der Waals surface area contributed by atoms with Crippen molar-refractivity contribution < 1.29 is 19.4 Å². The van der Waals surface area contributed by atoms with Crippen LogP contribution in [0.15, 0.2) is 24.3 Å². The van der Waals surface area contributed by atoms with Crippen molar-refractivity contribution in [2.45, 2.75) is 44.6 Å². The lowest BCUT2D eigenvalue weighted by Crippen LogP contribution is -2.59. The van der Waals surface area contributed by atoms with Crippen LogP contribution in [0.3, 0.4) is 0 Å². The molecular formula is C16H21NO4. The van der Waals surface area contributed by atoms with E-state index < -0.39 is 17.4 Å². The van der Waals surface area contributed by atoms with E-state index in [0.29, 0.717) is 24.5 Å². The van der Waals surface area contributed by atoms with Crippen LogP contribution in [-0.2, 0) is 9.59 Å². The van der Waals surface area contributed by atoms with Crippen molar-refractivity contribution in [3.05, 3.63) is 29.8 Å². The second kappa shape index (κ2) is 6.16. The van der Waals surface area contributed by atoms with Crippen LogP contribution in [0.2, 0.25) is 0 Å². The molecule has 5 nitrogen and oxygen atoms in total. The molecule has 114 valence electrons. The number of carbonyl (C=O) groups is 2. The predicted octanol–water partition coefficient (Wildman–Crippen LogP) is 2.31. The molecule has 0 saturated heterocycles. The molecule has 0 unspecified atom stereocenters. The first kappa shape index (κ1) is 15.4. The number of ether oxygens (including phenoxy) is 1. The summed E-state index contributed by atoms with van der Waals surface area (Å²) >= 11 is 0. The number of carbonyl (C=O) groups excluding carboxylic acids is 1. The number of nitrogens with one attached hydrogen (secondary N) is 1. The summed E-state index contributed by atoms with van der Waals surface area (Å²) in [6.45, 7) is 4.04. The fraction of sp³-hybridized carbons (Fsp3) is 0.500. The van der Waals surface area contributed by atoms with E-state index in [2.05, 4.69) is 19.2 Å². The van der Waals surface area contributed by atoms with Crippen LogP contribution in [0.5, 0.6) is 5.75 Å². The number of carboxylic acid groups (broad SMARTS) is 1. The van der Waals surface area contributed by atoms with E-state index in [4.69, 9.17) is 9.84 Å². The van der Waals surface area contributed by atoms with Gasteiger partial charge in [-0.15, -0.1) is 0 Å². The Hall–Kier alpha value is -2.04. The zero-order chi connectivity index (χ0) is 15.5. The number of aliphatic carboxylic acids is 1. The lowest BCUT2D eigenvalue weighted by Gasteiger charge is -2.38. The average Bonchev–Trinajstić information content (AvgIpc) is 2.40. The smallest absolute Gasteiger partial charge is 0.329 e. The quantitative estimate of drug-likeness (QED) is 0.843. The average molecular weight is 291 g/mol. The molecule has 1 fully saturated rings. The maximum atomic E-state index is 11.8. The van der Waals surface area contributed by atoms with Gasteiger partial charge in [0.2, 0.25) is 0 Å². The van der Waals surface area contributed by atoms with E-state index in [1.54, 1.807) is 0 Å². The molecule has 0 atom stereocenters. The van der Waals surface area contributed by atoms with Gasteiger partial charge in [0.1, 0.15) is 11.3 Å². The number of benzene rings is 1. The molecule has 1 saturated carbocycles. The van der Waals surface area contributed by atoms with Gasteiger partial charge < -0.3 is 15.2 Å². The zero-order valence-corrected chi connectivity index (χ0v) is 12.4. The third kappa shape index (κ3) is 3.54. The molecule has 1 aromatic rings. The third-order valence-corrected chi connectivity index (χ3v) is 3.91. The molecular weight excluding hydrogens is 270 g/mol. The van der Waals surface area contributed by atoms with Gasteiger partial charge in [-0.1, -0.05) is 26.0 Å². The molecule has 0 heterocycles. The molecule has 0 bridgehead atoms. The molecule has 1 aromatic carbocycles. The van der Waals surface area contributed by atoms with Crippen molar-refractivity contribution in [3.63, 3.8) is 0 Å². The minimum absolute atomic E-state index is 0.171. The number of rotatable bonds is 6. The van der Waals surface area contributed by atoms with Crippen LogP contribution < -0.4 is 10.1 Å². The Morgan fingerprint density at radius 2 is 1.90 bits per heavy atom. The highest BCUT2D eigenvalue weighted by atomic mass is 16.5. The Kier molecular flexibility index (Phi) is 4.50. The molecule has 21 heavy (non-hydrogen) atoms. The summed E-state index contributed by atoms with van der Waals surface area (Å²) in [5.74, 6) is -0.322. The number of hydrogen-bond acceptors (Lipinski definition) is 3. The van der Waals surface area contributed by atoms with Crippen LogP contribution in [0, 0.1) is 0 Å². The first-order valence-electron chi connectivity index (χ1n) is 7.20. The van der Waals surface area contributed by atoms with Gasteiger partial charge in [0, 0.05) is 0 Å². The SMILES string of the molecule is CC(C)c1ccc(OCC(=O)NC2(C(=O)O)CCC2)cc1. The van der Waals surface area contributed by atoms with E-state index in [1.807, 2.05) is 24.3 Å².